The molecule has 0 aromatic heterocycles. The van der Waals surface area contributed by atoms with E-state index in [1.54, 1.807) is 0 Å². The molecule has 2 fully saturated rings. The highest BCUT2D eigenvalue weighted by Crippen LogP contribution is 2.29. The van der Waals surface area contributed by atoms with Crippen LogP contribution in [0.1, 0.15) is 32.3 Å². The second kappa shape index (κ2) is 8.33. The van der Waals surface area contributed by atoms with Crippen LogP contribution in [0, 0.1) is 17.8 Å². The van der Waals surface area contributed by atoms with Gasteiger partial charge in [0, 0.05) is 39.3 Å². The molecule has 1 amide bonds. The minimum atomic E-state index is 0.0560. The molecule has 0 radical (unpaired) electrons. The summed E-state index contributed by atoms with van der Waals surface area (Å²) in [6.07, 6.45) is 1.98. The molecule has 0 saturated carbocycles. The third kappa shape index (κ3) is 4.42. The summed E-state index contributed by atoms with van der Waals surface area (Å²) >= 11 is 0. The monoisotopic (exact) mass is 344 g/mol. The van der Waals surface area contributed by atoms with Crippen LogP contribution in [0.5, 0.6) is 0 Å². The Balaban J connectivity index is 1.60. The van der Waals surface area contributed by atoms with Gasteiger partial charge in [-0.2, -0.15) is 0 Å². The predicted octanol–water partition coefficient (Wildman–Crippen LogP) is 3.03. The Hall–Kier alpha value is -1.39. The Morgan fingerprint density at radius 3 is 2.48 bits per heavy atom. The Bertz CT molecular complexity index is 544. The van der Waals surface area contributed by atoms with E-state index in [9.17, 15) is 4.79 Å². The van der Waals surface area contributed by atoms with Crippen LogP contribution < -0.4 is 0 Å². The fourth-order valence-electron chi connectivity index (χ4n) is 4.77. The number of likely N-dealkylation sites (tertiary alicyclic amines) is 1. The van der Waals surface area contributed by atoms with Crippen molar-refractivity contribution in [3.05, 3.63) is 35.9 Å². The maximum Gasteiger partial charge on any atom is 0.228 e. The van der Waals surface area contributed by atoms with Crippen LogP contribution in [-0.2, 0) is 16.1 Å². The Morgan fingerprint density at radius 1 is 1.20 bits per heavy atom. The summed E-state index contributed by atoms with van der Waals surface area (Å²) in [7, 11) is 2.00. The molecule has 3 rings (SSSR count). The first-order chi connectivity index (χ1) is 12.1. The molecule has 2 aliphatic rings. The number of hydrogen-bond donors (Lipinski definition) is 0. The molecule has 2 aliphatic heterocycles. The minimum Gasteiger partial charge on any atom is -0.381 e. The summed E-state index contributed by atoms with van der Waals surface area (Å²) in [4.78, 5) is 17.5. The topological polar surface area (TPSA) is 32.8 Å². The molecule has 1 aromatic carbocycles. The lowest BCUT2D eigenvalue weighted by Crippen LogP contribution is -2.56. The molecule has 138 valence electrons. The fourth-order valence-corrected chi connectivity index (χ4v) is 4.77. The van der Waals surface area contributed by atoms with Gasteiger partial charge in [0.1, 0.15) is 0 Å². The summed E-state index contributed by atoms with van der Waals surface area (Å²) in [5, 5.41) is 0. The standard InChI is InChI=1S/C21H32N2O2/c1-16-12-23(14-18-8-5-4-6-9-18)13-17(2)20(16)22(3)21(24)19-10-7-11-25-15-19/h4-6,8-9,16-17,19-20H,7,10-15H2,1-3H3/t16-,17-,19+/m1/s1. The van der Waals surface area contributed by atoms with E-state index in [2.05, 4.69) is 49.1 Å². The van der Waals surface area contributed by atoms with Gasteiger partial charge in [-0.05, 0) is 30.2 Å². The van der Waals surface area contributed by atoms with Gasteiger partial charge in [0.2, 0.25) is 5.91 Å². The average Bonchev–Trinajstić information content (AvgIpc) is 2.62. The van der Waals surface area contributed by atoms with Gasteiger partial charge < -0.3 is 9.64 Å². The van der Waals surface area contributed by atoms with Crippen LogP contribution >= 0.6 is 0 Å². The SMILES string of the molecule is C[C@@H]1CN(Cc2ccccc2)C[C@@H](C)C1N(C)C(=O)[C@H]1CCCOC1. The third-order valence-electron chi connectivity index (χ3n) is 5.81. The number of carbonyl (C=O) groups is 1. The lowest BCUT2D eigenvalue weighted by molar-refractivity contribution is -0.144. The Morgan fingerprint density at radius 2 is 1.88 bits per heavy atom. The van der Waals surface area contributed by atoms with Crippen molar-refractivity contribution in [3.8, 4) is 0 Å². The zero-order chi connectivity index (χ0) is 17.8. The van der Waals surface area contributed by atoms with Crippen molar-refractivity contribution in [3.63, 3.8) is 0 Å². The van der Waals surface area contributed by atoms with Gasteiger partial charge in [-0.15, -0.1) is 0 Å². The largest absolute Gasteiger partial charge is 0.381 e. The first-order valence-electron chi connectivity index (χ1n) is 9.67. The molecule has 2 saturated heterocycles. The molecule has 0 spiro atoms. The van der Waals surface area contributed by atoms with Crippen molar-refractivity contribution in [1.29, 1.82) is 0 Å². The molecule has 1 aromatic rings. The summed E-state index contributed by atoms with van der Waals surface area (Å²) in [6, 6.07) is 11.0. The van der Waals surface area contributed by atoms with Gasteiger partial charge in [-0.1, -0.05) is 44.2 Å². The predicted molar refractivity (Wildman–Crippen MR) is 100 cm³/mol. The summed E-state index contributed by atoms with van der Waals surface area (Å²) in [5.74, 6) is 1.29. The molecular weight excluding hydrogens is 312 g/mol. The number of piperidine rings is 1. The lowest BCUT2D eigenvalue weighted by atomic mass is 9.83. The molecular formula is C21H32N2O2. The summed E-state index contributed by atoms with van der Waals surface area (Å²) < 4.78 is 5.52. The Kier molecular flexibility index (Phi) is 6.13. The lowest BCUT2D eigenvalue weighted by Gasteiger charge is -2.46. The van der Waals surface area contributed by atoms with Gasteiger partial charge in [0.15, 0.2) is 0 Å². The molecule has 0 bridgehead atoms. The fraction of sp³-hybridized carbons (Fsp3) is 0.667. The molecule has 0 unspecified atom stereocenters. The molecule has 0 N–H and O–H groups in total. The summed E-state index contributed by atoms with van der Waals surface area (Å²) in [5.41, 5.74) is 1.36. The highest BCUT2D eigenvalue weighted by atomic mass is 16.5. The van der Waals surface area contributed by atoms with Crippen LogP contribution in [0.4, 0.5) is 0 Å². The van der Waals surface area contributed by atoms with E-state index in [0.717, 1.165) is 39.1 Å². The first-order valence-corrected chi connectivity index (χ1v) is 9.67. The normalized spacial score (nSPS) is 28.7. The molecule has 0 aliphatic carbocycles. The number of benzene rings is 1. The maximum absolute atomic E-state index is 12.9. The van der Waals surface area contributed by atoms with Gasteiger partial charge >= 0.3 is 0 Å². The van der Waals surface area contributed by atoms with Crippen molar-refractivity contribution in [2.45, 2.75) is 39.3 Å². The van der Waals surface area contributed by atoms with Crippen molar-refractivity contribution in [2.75, 3.05) is 33.4 Å². The van der Waals surface area contributed by atoms with Gasteiger partial charge in [0.25, 0.3) is 0 Å². The van der Waals surface area contributed by atoms with Gasteiger partial charge in [-0.25, -0.2) is 0 Å². The number of carbonyl (C=O) groups excluding carboxylic acids is 1. The summed E-state index contributed by atoms with van der Waals surface area (Å²) in [6.45, 7) is 9.07. The quantitative estimate of drug-likeness (QED) is 0.842. The first kappa shape index (κ1) is 18.4. The number of rotatable bonds is 4. The zero-order valence-corrected chi connectivity index (χ0v) is 15.9. The van der Waals surface area contributed by atoms with E-state index in [1.807, 2.05) is 11.9 Å². The van der Waals surface area contributed by atoms with Crippen LogP contribution in [0.25, 0.3) is 0 Å². The van der Waals surface area contributed by atoms with Gasteiger partial charge in [-0.3, -0.25) is 9.69 Å². The second-order valence-corrected chi connectivity index (χ2v) is 7.99. The molecule has 25 heavy (non-hydrogen) atoms. The number of nitrogens with zero attached hydrogens (tertiary/aromatic N) is 2. The maximum atomic E-state index is 12.9. The van der Waals surface area contributed by atoms with E-state index < -0.39 is 0 Å². The van der Waals surface area contributed by atoms with Crippen LogP contribution in [0.3, 0.4) is 0 Å². The minimum absolute atomic E-state index is 0.0560. The molecule has 4 heteroatoms. The zero-order valence-electron chi connectivity index (χ0n) is 15.9. The van der Waals surface area contributed by atoms with E-state index in [4.69, 9.17) is 4.74 Å². The van der Waals surface area contributed by atoms with E-state index >= 15 is 0 Å². The van der Waals surface area contributed by atoms with Crippen molar-refractivity contribution in [1.82, 2.24) is 9.80 Å². The third-order valence-corrected chi connectivity index (χ3v) is 5.81. The van der Waals surface area contributed by atoms with E-state index in [-0.39, 0.29) is 11.8 Å². The van der Waals surface area contributed by atoms with E-state index in [1.165, 1.54) is 5.56 Å². The average molecular weight is 344 g/mol. The van der Waals surface area contributed by atoms with E-state index in [0.29, 0.717) is 24.5 Å². The van der Waals surface area contributed by atoms with Crippen LogP contribution in [0.2, 0.25) is 0 Å². The molecule has 2 heterocycles. The molecule has 4 nitrogen and oxygen atoms in total. The van der Waals surface area contributed by atoms with Crippen LogP contribution in [-0.4, -0.2) is 55.1 Å². The Labute approximate surface area is 152 Å². The van der Waals surface area contributed by atoms with Crippen LogP contribution in [0.15, 0.2) is 30.3 Å². The van der Waals surface area contributed by atoms with Crippen molar-refractivity contribution in [2.24, 2.45) is 17.8 Å². The number of ether oxygens (including phenoxy) is 1. The number of amides is 1. The highest BCUT2D eigenvalue weighted by Gasteiger charge is 2.38. The number of hydrogen-bond acceptors (Lipinski definition) is 3. The smallest absolute Gasteiger partial charge is 0.228 e. The second-order valence-electron chi connectivity index (χ2n) is 7.99. The molecule has 3 atom stereocenters. The van der Waals surface area contributed by atoms with Crippen molar-refractivity contribution >= 4 is 5.91 Å². The van der Waals surface area contributed by atoms with Crippen molar-refractivity contribution < 1.29 is 9.53 Å². The van der Waals surface area contributed by atoms with Gasteiger partial charge in [0.05, 0.1) is 12.5 Å². The highest BCUT2D eigenvalue weighted by molar-refractivity contribution is 5.79.